The van der Waals surface area contributed by atoms with Crippen LogP contribution in [0.25, 0.3) is 28.3 Å². The van der Waals surface area contributed by atoms with Crippen molar-refractivity contribution in [2.24, 2.45) is 10.9 Å². The number of oxime groups is 1. The van der Waals surface area contributed by atoms with Crippen LogP contribution < -0.4 is 5.73 Å². The molecule has 30 heavy (non-hydrogen) atoms. The predicted octanol–water partition coefficient (Wildman–Crippen LogP) is 5.62. The molecule has 0 aliphatic carbocycles. The van der Waals surface area contributed by atoms with Crippen LogP contribution >= 0.6 is 0 Å². The molecule has 0 atom stereocenters. The summed E-state index contributed by atoms with van der Waals surface area (Å²) >= 11 is 0. The number of phenolic OH excluding ortho intramolecular Hbond substituents is 1. The zero-order valence-electron chi connectivity index (χ0n) is 15.4. The van der Waals surface area contributed by atoms with E-state index >= 15 is 0 Å². The zero-order valence-corrected chi connectivity index (χ0v) is 15.4. The summed E-state index contributed by atoms with van der Waals surface area (Å²) in [7, 11) is 0. The summed E-state index contributed by atoms with van der Waals surface area (Å²) in [5.74, 6) is -1.89. The lowest BCUT2D eigenvalue weighted by Crippen LogP contribution is -2.17. The Morgan fingerprint density at radius 3 is 2.30 bits per heavy atom. The second kappa shape index (κ2) is 7.90. The molecule has 4 nitrogen and oxygen atoms in total. The topological polar surface area (TPSA) is 78.8 Å². The minimum atomic E-state index is -4.77. The fourth-order valence-electron chi connectivity index (χ4n) is 3.19. The van der Waals surface area contributed by atoms with E-state index in [0.717, 1.165) is 30.3 Å². The van der Waals surface area contributed by atoms with Crippen LogP contribution in [0.4, 0.5) is 17.6 Å². The fourth-order valence-corrected chi connectivity index (χ4v) is 3.19. The lowest BCUT2D eigenvalue weighted by atomic mass is 9.86. The van der Waals surface area contributed by atoms with Gasteiger partial charge in [-0.25, -0.2) is 4.39 Å². The van der Waals surface area contributed by atoms with Crippen molar-refractivity contribution in [3.8, 4) is 28.0 Å². The highest BCUT2D eigenvalue weighted by molar-refractivity contribution is 6.07. The van der Waals surface area contributed by atoms with E-state index in [4.69, 9.17) is 5.73 Å². The predicted molar refractivity (Wildman–Crippen MR) is 107 cm³/mol. The molecule has 8 heteroatoms. The van der Waals surface area contributed by atoms with Crippen LogP contribution in [-0.2, 0) is 6.18 Å². The number of nitrogens with two attached hydrogens (primary N) is 1. The number of benzene rings is 3. The molecule has 154 valence electrons. The molecular formula is C22H16F4N2O2. The van der Waals surface area contributed by atoms with Gasteiger partial charge in [0.1, 0.15) is 11.6 Å². The van der Waals surface area contributed by atoms with Gasteiger partial charge in [-0.05, 0) is 41.0 Å². The molecule has 0 heterocycles. The van der Waals surface area contributed by atoms with Crippen molar-refractivity contribution >= 4 is 11.9 Å². The maximum Gasteiger partial charge on any atom is 0.416 e. The molecule has 0 fully saturated rings. The first-order valence-corrected chi connectivity index (χ1v) is 8.61. The van der Waals surface area contributed by atoms with Gasteiger partial charge < -0.3 is 16.0 Å². The normalized spacial score (nSPS) is 12.1. The minimum Gasteiger partial charge on any atom is -0.508 e. The molecular weight excluding hydrogens is 400 g/mol. The van der Waals surface area contributed by atoms with Gasteiger partial charge in [0.2, 0.25) is 0 Å². The molecule has 0 saturated carbocycles. The summed E-state index contributed by atoms with van der Waals surface area (Å²) in [4.78, 5) is 0. The molecule has 0 bridgehead atoms. The average Bonchev–Trinajstić information content (AvgIpc) is 2.71. The Kier molecular flexibility index (Phi) is 5.51. The van der Waals surface area contributed by atoms with E-state index in [1.54, 1.807) is 24.3 Å². The Morgan fingerprint density at radius 1 is 1.00 bits per heavy atom. The molecule has 0 aromatic heterocycles. The number of phenols is 1. The quantitative estimate of drug-likeness (QED) is 0.170. The van der Waals surface area contributed by atoms with E-state index in [2.05, 4.69) is 11.7 Å². The van der Waals surface area contributed by atoms with Crippen LogP contribution in [0.2, 0.25) is 0 Å². The van der Waals surface area contributed by atoms with E-state index in [9.17, 15) is 27.9 Å². The summed E-state index contributed by atoms with van der Waals surface area (Å²) in [5, 5.41) is 21.6. The number of amidine groups is 1. The van der Waals surface area contributed by atoms with Crippen LogP contribution in [0, 0.1) is 5.82 Å². The Morgan fingerprint density at radius 2 is 1.70 bits per heavy atom. The third-order valence-corrected chi connectivity index (χ3v) is 4.54. The van der Waals surface area contributed by atoms with Crippen molar-refractivity contribution < 1.29 is 27.9 Å². The van der Waals surface area contributed by atoms with Gasteiger partial charge in [0.15, 0.2) is 5.84 Å². The van der Waals surface area contributed by atoms with Gasteiger partial charge in [0, 0.05) is 22.8 Å². The molecule has 4 N–H and O–H groups in total. The second-order valence-corrected chi connectivity index (χ2v) is 6.38. The molecule has 0 spiro atoms. The van der Waals surface area contributed by atoms with Crippen LogP contribution in [0.5, 0.6) is 5.75 Å². The maximum absolute atomic E-state index is 14.7. The molecule has 3 rings (SSSR count). The fraction of sp³-hybridized carbons (Fsp3) is 0.0455. The van der Waals surface area contributed by atoms with Crippen molar-refractivity contribution in [2.75, 3.05) is 0 Å². The van der Waals surface area contributed by atoms with Crippen molar-refractivity contribution in [3.63, 3.8) is 0 Å². The number of nitrogens with zero attached hydrogens (tertiary/aromatic N) is 1. The summed E-state index contributed by atoms with van der Waals surface area (Å²) in [6.07, 6.45) is -3.29. The molecule has 0 radical (unpaired) electrons. The Labute approximate surface area is 169 Å². The molecule has 0 aliphatic heterocycles. The average molecular weight is 416 g/mol. The minimum absolute atomic E-state index is 0.124. The van der Waals surface area contributed by atoms with Crippen molar-refractivity contribution in [2.45, 2.75) is 6.18 Å². The van der Waals surface area contributed by atoms with Crippen LogP contribution in [0.3, 0.4) is 0 Å². The molecule has 0 unspecified atom stereocenters. The Hall–Kier alpha value is -3.81. The van der Waals surface area contributed by atoms with E-state index in [0.29, 0.717) is 11.1 Å². The maximum atomic E-state index is 14.7. The van der Waals surface area contributed by atoms with Crippen LogP contribution in [0.1, 0.15) is 16.7 Å². The standard InChI is InChI=1S/C22H16F4N2O2/c1-2-12-5-3-4-6-15(12)20-17(16-8-7-14(29)11-19(16)23)9-13(22(24,25)26)10-18(20)21(27)28-30/h2-11,29-30H,1H2,(H2,27,28). The molecule has 0 saturated heterocycles. The number of hydrogen-bond donors (Lipinski definition) is 3. The highest BCUT2D eigenvalue weighted by Crippen LogP contribution is 2.42. The van der Waals surface area contributed by atoms with Crippen LogP contribution in [0.15, 0.2) is 66.3 Å². The van der Waals surface area contributed by atoms with Crippen molar-refractivity contribution in [3.05, 3.63) is 83.7 Å². The third-order valence-electron chi connectivity index (χ3n) is 4.54. The summed E-state index contributed by atoms with van der Waals surface area (Å²) < 4.78 is 55.4. The first kappa shape index (κ1) is 20.9. The Balaban J connectivity index is 2.53. The second-order valence-electron chi connectivity index (χ2n) is 6.38. The van der Waals surface area contributed by atoms with Gasteiger partial charge in [-0.15, -0.1) is 0 Å². The molecule has 0 amide bonds. The lowest BCUT2D eigenvalue weighted by molar-refractivity contribution is -0.137. The lowest BCUT2D eigenvalue weighted by Gasteiger charge is -2.20. The number of aromatic hydroxyl groups is 1. The van der Waals surface area contributed by atoms with Gasteiger partial charge >= 0.3 is 6.18 Å². The largest absolute Gasteiger partial charge is 0.508 e. The number of hydrogen-bond acceptors (Lipinski definition) is 3. The monoisotopic (exact) mass is 416 g/mol. The van der Waals surface area contributed by atoms with Gasteiger partial charge in [-0.2, -0.15) is 13.2 Å². The molecule has 3 aromatic rings. The number of halogens is 4. The summed E-state index contributed by atoms with van der Waals surface area (Å²) in [6, 6.07) is 11.3. The smallest absolute Gasteiger partial charge is 0.416 e. The first-order chi connectivity index (χ1) is 14.2. The third kappa shape index (κ3) is 3.84. The first-order valence-electron chi connectivity index (χ1n) is 8.61. The SMILES string of the molecule is C=Cc1ccccc1-c1c(C(N)=NO)cc(C(F)(F)F)cc1-c1ccc(O)cc1F. The van der Waals surface area contributed by atoms with E-state index in [1.165, 1.54) is 6.08 Å². The van der Waals surface area contributed by atoms with Gasteiger partial charge in [0.05, 0.1) is 5.56 Å². The van der Waals surface area contributed by atoms with Gasteiger partial charge in [-0.3, -0.25) is 0 Å². The van der Waals surface area contributed by atoms with E-state index in [1.807, 2.05) is 0 Å². The highest BCUT2D eigenvalue weighted by atomic mass is 19.4. The van der Waals surface area contributed by atoms with Crippen LogP contribution in [-0.4, -0.2) is 16.1 Å². The highest BCUT2D eigenvalue weighted by Gasteiger charge is 2.33. The number of alkyl halides is 3. The van der Waals surface area contributed by atoms with Gasteiger partial charge in [0.25, 0.3) is 0 Å². The molecule has 0 aliphatic rings. The molecule has 3 aromatic carbocycles. The summed E-state index contributed by atoms with van der Waals surface area (Å²) in [6.45, 7) is 3.70. The summed E-state index contributed by atoms with van der Waals surface area (Å²) in [5.41, 5.74) is 5.12. The van der Waals surface area contributed by atoms with E-state index < -0.39 is 23.4 Å². The Bertz CT molecular complexity index is 1150. The van der Waals surface area contributed by atoms with Crippen molar-refractivity contribution in [1.82, 2.24) is 0 Å². The van der Waals surface area contributed by atoms with E-state index in [-0.39, 0.29) is 28.0 Å². The van der Waals surface area contributed by atoms with Gasteiger partial charge in [-0.1, -0.05) is 42.1 Å². The number of rotatable bonds is 4. The van der Waals surface area contributed by atoms with Crippen molar-refractivity contribution in [1.29, 1.82) is 0 Å². The zero-order chi connectivity index (χ0) is 22.1.